The zero-order valence-electron chi connectivity index (χ0n) is 12.3. The van der Waals surface area contributed by atoms with Crippen molar-refractivity contribution in [3.05, 3.63) is 47.5 Å². The minimum Gasteiger partial charge on any atom is -0.370 e. The number of nitrogens with one attached hydrogen (secondary N) is 1. The van der Waals surface area contributed by atoms with Crippen molar-refractivity contribution < 1.29 is 4.79 Å². The average molecular weight is 274 g/mol. The van der Waals surface area contributed by atoms with Crippen LogP contribution in [-0.4, -0.2) is 37.4 Å². The Kier molecular flexibility index (Phi) is 5.77. The summed E-state index contributed by atoms with van der Waals surface area (Å²) in [5.41, 5.74) is 8.38. The quantitative estimate of drug-likeness (QED) is 0.484. The Morgan fingerprint density at radius 2 is 1.95 bits per heavy atom. The third kappa shape index (κ3) is 5.14. The molecule has 20 heavy (non-hydrogen) atoms. The summed E-state index contributed by atoms with van der Waals surface area (Å²) in [7, 11) is 3.46. The largest absolute Gasteiger partial charge is 0.370 e. The maximum absolute atomic E-state index is 11.7. The Bertz CT molecular complexity index is 503. The van der Waals surface area contributed by atoms with Crippen molar-refractivity contribution in [3.63, 3.8) is 0 Å². The molecule has 1 aromatic rings. The van der Waals surface area contributed by atoms with Gasteiger partial charge in [0.05, 0.1) is 6.54 Å². The lowest BCUT2D eigenvalue weighted by atomic mass is 10.1. The lowest BCUT2D eigenvalue weighted by molar-refractivity contribution is 0.0827. The highest BCUT2D eigenvalue weighted by Crippen LogP contribution is 2.07. The molecule has 1 rings (SSSR count). The number of carbonyl (C=O) groups is 1. The van der Waals surface area contributed by atoms with E-state index >= 15 is 0 Å². The summed E-state index contributed by atoms with van der Waals surface area (Å²) in [6, 6.07) is 7.36. The fourth-order valence-corrected chi connectivity index (χ4v) is 1.48. The van der Waals surface area contributed by atoms with Crippen LogP contribution in [-0.2, 0) is 6.54 Å². The van der Waals surface area contributed by atoms with Crippen LogP contribution in [0.15, 0.2) is 41.4 Å². The number of hydrogen-bond acceptors (Lipinski definition) is 2. The molecule has 5 heteroatoms. The van der Waals surface area contributed by atoms with E-state index in [-0.39, 0.29) is 5.91 Å². The average Bonchev–Trinajstić information content (AvgIpc) is 2.42. The van der Waals surface area contributed by atoms with E-state index in [2.05, 4.69) is 16.9 Å². The maximum atomic E-state index is 11.7. The first-order valence-electron chi connectivity index (χ1n) is 6.39. The SMILES string of the molecule is C=C(C)CNC(N)=NCc1ccc(C(=O)N(C)C)cc1. The number of aliphatic imine (C=N–C) groups is 1. The van der Waals surface area contributed by atoms with Crippen molar-refractivity contribution >= 4 is 11.9 Å². The lowest BCUT2D eigenvalue weighted by Crippen LogP contribution is -2.32. The van der Waals surface area contributed by atoms with Crippen LogP contribution >= 0.6 is 0 Å². The number of carbonyl (C=O) groups excluding carboxylic acids is 1. The monoisotopic (exact) mass is 274 g/mol. The summed E-state index contributed by atoms with van der Waals surface area (Å²) in [6.45, 7) is 6.79. The highest BCUT2D eigenvalue weighted by atomic mass is 16.2. The van der Waals surface area contributed by atoms with Gasteiger partial charge in [0.15, 0.2) is 5.96 Å². The summed E-state index contributed by atoms with van der Waals surface area (Å²) in [4.78, 5) is 17.5. The predicted octanol–water partition coefficient (Wildman–Crippen LogP) is 1.37. The number of nitrogens with two attached hydrogens (primary N) is 1. The van der Waals surface area contributed by atoms with Gasteiger partial charge < -0.3 is 16.0 Å². The number of guanidine groups is 1. The minimum absolute atomic E-state index is 0.0114. The van der Waals surface area contributed by atoms with Gasteiger partial charge in [-0.25, -0.2) is 4.99 Å². The summed E-state index contributed by atoms with van der Waals surface area (Å²) in [6.07, 6.45) is 0. The number of amides is 1. The predicted molar refractivity (Wildman–Crippen MR) is 82.6 cm³/mol. The molecule has 0 aliphatic rings. The van der Waals surface area contributed by atoms with Crippen LogP contribution in [0, 0.1) is 0 Å². The van der Waals surface area contributed by atoms with Crippen molar-refractivity contribution in [2.24, 2.45) is 10.7 Å². The molecule has 0 fully saturated rings. The van der Waals surface area contributed by atoms with E-state index in [1.54, 1.807) is 31.1 Å². The Morgan fingerprint density at radius 3 is 2.45 bits per heavy atom. The standard InChI is InChI=1S/C15H22N4O/c1-11(2)9-17-15(16)18-10-12-5-7-13(8-6-12)14(20)19(3)4/h5-8H,1,9-10H2,2-4H3,(H3,16,17,18). The van der Waals surface area contributed by atoms with Gasteiger partial charge in [-0.3, -0.25) is 4.79 Å². The van der Waals surface area contributed by atoms with Crippen LogP contribution in [0.3, 0.4) is 0 Å². The van der Waals surface area contributed by atoms with Crippen molar-refractivity contribution in [2.75, 3.05) is 20.6 Å². The van der Waals surface area contributed by atoms with Crippen LogP contribution in [0.2, 0.25) is 0 Å². The summed E-state index contributed by atoms with van der Waals surface area (Å²) in [5.74, 6) is 0.379. The minimum atomic E-state index is -0.0114. The highest BCUT2D eigenvalue weighted by molar-refractivity contribution is 5.93. The van der Waals surface area contributed by atoms with E-state index in [0.717, 1.165) is 11.1 Å². The van der Waals surface area contributed by atoms with Gasteiger partial charge in [-0.1, -0.05) is 24.3 Å². The van der Waals surface area contributed by atoms with Gasteiger partial charge in [0.1, 0.15) is 0 Å². The molecule has 0 aliphatic carbocycles. The van der Waals surface area contributed by atoms with Gasteiger partial charge in [0, 0.05) is 26.2 Å². The molecule has 0 bridgehead atoms. The van der Waals surface area contributed by atoms with Gasteiger partial charge in [-0.05, 0) is 24.6 Å². The van der Waals surface area contributed by atoms with Gasteiger partial charge in [-0.2, -0.15) is 0 Å². The third-order valence-corrected chi connectivity index (χ3v) is 2.61. The van der Waals surface area contributed by atoms with Crippen LogP contribution in [0.1, 0.15) is 22.8 Å². The van der Waals surface area contributed by atoms with Crippen molar-refractivity contribution in [1.82, 2.24) is 10.2 Å². The first-order valence-corrected chi connectivity index (χ1v) is 6.39. The van der Waals surface area contributed by atoms with Crippen LogP contribution < -0.4 is 11.1 Å². The molecule has 0 atom stereocenters. The van der Waals surface area contributed by atoms with Crippen LogP contribution in [0.5, 0.6) is 0 Å². The first-order chi connectivity index (χ1) is 9.40. The van der Waals surface area contributed by atoms with Gasteiger partial charge in [-0.15, -0.1) is 0 Å². The molecule has 0 aliphatic heterocycles. The molecule has 0 aromatic heterocycles. The second-order valence-electron chi connectivity index (χ2n) is 4.91. The molecule has 0 unspecified atom stereocenters. The summed E-state index contributed by atoms with van der Waals surface area (Å²) < 4.78 is 0. The van der Waals surface area contributed by atoms with Crippen molar-refractivity contribution in [3.8, 4) is 0 Å². The van der Waals surface area contributed by atoms with Crippen molar-refractivity contribution in [2.45, 2.75) is 13.5 Å². The Hall–Kier alpha value is -2.30. The van der Waals surface area contributed by atoms with Crippen LogP contribution in [0.25, 0.3) is 0 Å². The Labute approximate surface area is 120 Å². The molecule has 0 radical (unpaired) electrons. The Morgan fingerprint density at radius 1 is 1.35 bits per heavy atom. The maximum Gasteiger partial charge on any atom is 0.253 e. The van der Waals surface area contributed by atoms with E-state index in [0.29, 0.717) is 24.6 Å². The van der Waals surface area contributed by atoms with Gasteiger partial charge in [0.25, 0.3) is 5.91 Å². The highest BCUT2D eigenvalue weighted by Gasteiger charge is 2.06. The molecular formula is C15H22N4O. The second kappa shape index (κ2) is 7.33. The molecule has 0 heterocycles. The number of benzene rings is 1. The normalized spacial score (nSPS) is 11.1. The molecule has 0 saturated carbocycles. The van der Waals surface area contributed by atoms with E-state index in [1.165, 1.54) is 0 Å². The second-order valence-corrected chi connectivity index (χ2v) is 4.91. The van der Waals surface area contributed by atoms with Gasteiger partial charge in [0.2, 0.25) is 0 Å². The summed E-state index contributed by atoms with van der Waals surface area (Å²) >= 11 is 0. The molecule has 0 spiro atoms. The van der Waals surface area contributed by atoms with Crippen molar-refractivity contribution in [1.29, 1.82) is 0 Å². The molecule has 108 valence electrons. The zero-order valence-corrected chi connectivity index (χ0v) is 12.3. The lowest BCUT2D eigenvalue weighted by Gasteiger charge is -2.10. The van der Waals surface area contributed by atoms with E-state index < -0.39 is 0 Å². The fourth-order valence-electron chi connectivity index (χ4n) is 1.48. The molecule has 1 amide bonds. The smallest absolute Gasteiger partial charge is 0.253 e. The molecule has 1 aromatic carbocycles. The zero-order chi connectivity index (χ0) is 15.1. The van der Waals surface area contributed by atoms with E-state index in [1.807, 2.05) is 19.1 Å². The molecule has 5 nitrogen and oxygen atoms in total. The summed E-state index contributed by atoms with van der Waals surface area (Å²) in [5, 5.41) is 2.96. The van der Waals surface area contributed by atoms with Gasteiger partial charge >= 0.3 is 0 Å². The molecule has 0 saturated heterocycles. The van der Waals surface area contributed by atoms with E-state index in [4.69, 9.17) is 5.73 Å². The van der Waals surface area contributed by atoms with E-state index in [9.17, 15) is 4.79 Å². The molecule has 3 N–H and O–H groups in total. The molecular weight excluding hydrogens is 252 g/mol. The topological polar surface area (TPSA) is 70.7 Å². The fraction of sp³-hybridized carbons (Fsp3) is 0.333. The first kappa shape index (κ1) is 15.8. The number of nitrogens with zero attached hydrogens (tertiary/aromatic N) is 2. The van der Waals surface area contributed by atoms with Crippen LogP contribution in [0.4, 0.5) is 0 Å². The third-order valence-electron chi connectivity index (χ3n) is 2.61. The Balaban J connectivity index is 2.59. The number of hydrogen-bond donors (Lipinski definition) is 2. The number of rotatable bonds is 5.